The number of rotatable bonds is 5. The maximum atomic E-state index is 12.9. The number of hydrogen-bond acceptors (Lipinski definition) is 4. The molecule has 1 aliphatic heterocycles. The molecule has 0 unspecified atom stereocenters. The number of carbonyl (C=O) groups excluding carboxylic acids is 2. The van der Waals surface area contributed by atoms with Gasteiger partial charge in [-0.05, 0) is 45.4 Å². The molecule has 150 valence electrons. The van der Waals surface area contributed by atoms with Gasteiger partial charge in [0, 0.05) is 38.4 Å². The first-order valence-electron chi connectivity index (χ1n) is 9.85. The second-order valence-electron chi connectivity index (χ2n) is 7.32. The van der Waals surface area contributed by atoms with E-state index in [4.69, 9.17) is 4.42 Å². The first kappa shape index (κ1) is 20.1. The average Bonchev–Trinajstić information content (AvgIpc) is 3.02. The number of furan rings is 1. The average molecular weight is 383 g/mol. The molecule has 0 saturated carbocycles. The topological polar surface area (TPSA) is 57.0 Å². The van der Waals surface area contributed by atoms with Gasteiger partial charge in [-0.25, -0.2) is 0 Å². The molecule has 6 heteroatoms. The third-order valence-corrected chi connectivity index (χ3v) is 5.31. The van der Waals surface area contributed by atoms with Crippen LogP contribution in [0.5, 0.6) is 0 Å². The van der Waals surface area contributed by atoms with E-state index in [9.17, 15) is 9.59 Å². The van der Waals surface area contributed by atoms with E-state index in [1.165, 1.54) is 0 Å². The van der Waals surface area contributed by atoms with E-state index in [0.717, 1.165) is 17.0 Å². The Morgan fingerprint density at radius 2 is 1.75 bits per heavy atom. The van der Waals surface area contributed by atoms with Gasteiger partial charge in [0.15, 0.2) is 0 Å². The molecule has 2 amide bonds. The van der Waals surface area contributed by atoms with Crippen molar-refractivity contribution >= 4 is 17.5 Å². The Balaban J connectivity index is 1.58. The lowest BCUT2D eigenvalue weighted by Gasteiger charge is -2.35. The summed E-state index contributed by atoms with van der Waals surface area (Å²) < 4.78 is 5.48. The maximum absolute atomic E-state index is 12.9. The monoisotopic (exact) mass is 383 g/mol. The van der Waals surface area contributed by atoms with Crippen LogP contribution in [0.1, 0.15) is 34.4 Å². The van der Waals surface area contributed by atoms with Crippen molar-refractivity contribution in [2.24, 2.45) is 0 Å². The zero-order valence-electron chi connectivity index (χ0n) is 17.2. The minimum Gasteiger partial charge on any atom is -0.466 e. The van der Waals surface area contributed by atoms with Gasteiger partial charge in [-0.1, -0.05) is 18.2 Å². The van der Waals surface area contributed by atoms with Gasteiger partial charge in [0.25, 0.3) is 5.91 Å². The number of nitrogens with zero attached hydrogens (tertiary/aromatic N) is 3. The molecule has 1 aliphatic rings. The number of carbonyl (C=O) groups is 2. The molecule has 1 saturated heterocycles. The fraction of sp³-hybridized carbons (Fsp3) is 0.455. The zero-order valence-corrected chi connectivity index (χ0v) is 17.2. The Bertz CT molecular complexity index is 850. The summed E-state index contributed by atoms with van der Waals surface area (Å²) in [5.74, 6) is 1.52. The summed E-state index contributed by atoms with van der Waals surface area (Å²) in [6.45, 7) is 11.3. The van der Waals surface area contributed by atoms with Crippen LogP contribution in [0, 0.1) is 20.8 Å². The van der Waals surface area contributed by atoms with Crippen molar-refractivity contribution < 1.29 is 14.0 Å². The highest BCUT2D eigenvalue weighted by molar-refractivity contribution is 5.96. The molecule has 2 aromatic rings. The van der Waals surface area contributed by atoms with Crippen molar-refractivity contribution in [3.05, 3.63) is 53.0 Å². The van der Waals surface area contributed by atoms with Crippen molar-refractivity contribution in [1.82, 2.24) is 9.80 Å². The summed E-state index contributed by atoms with van der Waals surface area (Å²) in [7, 11) is 0. The van der Waals surface area contributed by atoms with E-state index < -0.39 is 0 Å². The molecular weight excluding hydrogens is 354 g/mol. The summed E-state index contributed by atoms with van der Waals surface area (Å²) in [6, 6.07) is 9.76. The van der Waals surface area contributed by atoms with Gasteiger partial charge in [-0.15, -0.1) is 0 Å². The predicted octanol–water partition coefficient (Wildman–Crippen LogP) is 3.02. The molecule has 0 bridgehead atoms. The van der Waals surface area contributed by atoms with Crippen LogP contribution < -0.4 is 4.90 Å². The van der Waals surface area contributed by atoms with Crippen LogP contribution in [0.2, 0.25) is 0 Å². The molecule has 0 aliphatic carbocycles. The Labute approximate surface area is 166 Å². The third-order valence-electron chi connectivity index (χ3n) is 5.31. The summed E-state index contributed by atoms with van der Waals surface area (Å²) in [5, 5.41) is 0. The minimum atomic E-state index is 0.00965. The van der Waals surface area contributed by atoms with E-state index in [1.807, 2.05) is 61.8 Å². The largest absolute Gasteiger partial charge is 0.466 e. The van der Waals surface area contributed by atoms with Crippen molar-refractivity contribution in [2.75, 3.05) is 44.2 Å². The number of amides is 2. The Morgan fingerprint density at radius 3 is 2.32 bits per heavy atom. The second-order valence-corrected chi connectivity index (χ2v) is 7.32. The second kappa shape index (κ2) is 8.61. The lowest BCUT2D eigenvalue weighted by atomic mass is 10.1. The molecule has 28 heavy (non-hydrogen) atoms. The van der Waals surface area contributed by atoms with Gasteiger partial charge < -0.3 is 14.2 Å². The molecule has 0 N–H and O–H groups in total. The number of benzene rings is 1. The van der Waals surface area contributed by atoms with Crippen molar-refractivity contribution in [3.63, 3.8) is 0 Å². The molecular formula is C22H29N3O3. The highest BCUT2D eigenvalue weighted by Gasteiger charge is 2.26. The van der Waals surface area contributed by atoms with Crippen molar-refractivity contribution in [2.45, 2.75) is 27.7 Å². The molecule has 1 aromatic carbocycles. The Morgan fingerprint density at radius 1 is 1.07 bits per heavy atom. The number of para-hydroxylation sites is 1. The zero-order chi connectivity index (χ0) is 20.3. The van der Waals surface area contributed by atoms with Crippen LogP contribution in [-0.2, 0) is 4.79 Å². The first-order valence-corrected chi connectivity index (χ1v) is 9.85. The van der Waals surface area contributed by atoms with E-state index in [2.05, 4.69) is 4.90 Å². The van der Waals surface area contributed by atoms with E-state index in [-0.39, 0.29) is 11.8 Å². The number of likely N-dealkylation sites (N-methyl/N-ethyl adjacent to an activating group) is 1. The van der Waals surface area contributed by atoms with Gasteiger partial charge in [0.05, 0.1) is 12.1 Å². The van der Waals surface area contributed by atoms with Crippen LogP contribution in [0.3, 0.4) is 0 Å². The van der Waals surface area contributed by atoms with Crippen LogP contribution in [0.25, 0.3) is 0 Å². The van der Waals surface area contributed by atoms with Gasteiger partial charge in [0.1, 0.15) is 11.5 Å². The van der Waals surface area contributed by atoms with Crippen molar-refractivity contribution in [1.29, 1.82) is 0 Å². The van der Waals surface area contributed by atoms with E-state index in [1.54, 1.807) is 6.07 Å². The van der Waals surface area contributed by atoms with Gasteiger partial charge in [-0.2, -0.15) is 0 Å². The smallest absolute Gasteiger partial charge is 0.257 e. The quantitative estimate of drug-likeness (QED) is 0.796. The highest BCUT2D eigenvalue weighted by atomic mass is 16.3. The molecule has 1 aromatic heterocycles. The summed E-state index contributed by atoms with van der Waals surface area (Å²) >= 11 is 0. The lowest BCUT2D eigenvalue weighted by Crippen LogP contribution is -2.51. The normalized spacial score (nSPS) is 14.9. The molecule has 0 radical (unpaired) electrons. The fourth-order valence-electron chi connectivity index (χ4n) is 3.75. The molecule has 3 rings (SSSR count). The summed E-state index contributed by atoms with van der Waals surface area (Å²) in [5.41, 5.74) is 2.70. The highest BCUT2D eigenvalue weighted by Crippen LogP contribution is 2.20. The lowest BCUT2D eigenvalue weighted by molar-refractivity contribution is -0.120. The SMILES string of the molecule is CCN(C(=O)CN1CCN(C(=O)c2cc(C)oc2C)CC1)c1ccccc1C. The van der Waals surface area contributed by atoms with Gasteiger partial charge in [0.2, 0.25) is 5.91 Å². The number of hydrogen-bond donors (Lipinski definition) is 0. The molecule has 0 atom stereocenters. The van der Waals surface area contributed by atoms with Crippen molar-refractivity contribution in [3.8, 4) is 0 Å². The van der Waals surface area contributed by atoms with E-state index in [0.29, 0.717) is 50.6 Å². The number of piperazine rings is 1. The number of aryl methyl sites for hydroxylation is 3. The fourth-order valence-corrected chi connectivity index (χ4v) is 3.75. The Hall–Kier alpha value is -2.60. The molecule has 2 heterocycles. The maximum Gasteiger partial charge on any atom is 0.257 e. The van der Waals surface area contributed by atoms with Crippen LogP contribution >= 0.6 is 0 Å². The van der Waals surface area contributed by atoms with Crippen LogP contribution in [0.15, 0.2) is 34.7 Å². The molecule has 0 spiro atoms. The molecule has 6 nitrogen and oxygen atoms in total. The van der Waals surface area contributed by atoms with Crippen LogP contribution in [-0.4, -0.2) is 60.9 Å². The Kier molecular flexibility index (Phi) is 6.19. The summed E-state index contributed by atoms with van der Waals surface area (Å²) in [4.78, 5) is 31.4. The predicted molar refractivity (Wildman–Crippen MR) is 110 cm³/mol. The molecule has 1 fully saturated rings. The van der Waals surface area contributed by atoms with E-state index >= 15 is 0 Å². The van der Waals surface area contributed by atoms with Crippen LogP contribution in [0.4, 0.5) is 5.69 Å². The first-order chi connectivity index (χ1) is 13.4. The number of anilines is 1. The summed E-state index contributed by atoms with van der Waals surface area (Å²) in [6.07, 6.45) is 0. The minimum absolute atomic E-state index is 0.00965. The van der Waals surface area contributed by atoms with Gasteiger partial charge >= 0.3 is 0 Å². The third kappa shape index (κ3) is 4.28. The van der Waals surface area contributed by atoms with Gasteiger partial charge in [-0.3, -0.25) is 14.5 Å². The standard InChI is InChI=1S/C22H29N3O3/c1-5-25(20-9-7-6-8-16(20)2)21(26)15-23-10-12-24(13-11-23)22(27)19-14-17(3)28-18(19)4/h6-9,14H,5,10-13,15H2,1-4H3.